The van der Waals surface area contributed by atoms with Crippen molar-refractivity contribution in [2.45, 2.75) is 19.9 Å². The number of ether oxygens (including phenoxy) is 1. The zero-order valence-corrected chi connectivity index (χ0v) is 10.5. The van der Waals surface area contributed by atoms with Gasteiger partial charge in [0, 0.05) is 23.5 Å². The highest BCUT2D eigenvalue weighted by molar-refractivity contribution is 6.03. The van der Waals surface area contributed by atoms with Gasteiger partial charge in [-0.2, -0.15) is 0 Å². The summed E-state index contributed by atoms with van der Waals surface area (Å²) in [5.41, 5.74) is 0.362. The zero-order valence-electron chi connectivity index (χ0n) is 10.5. The summed E-state index contributed by atoms with van der Waals surface area (Å²) < 4.78 is 6.33. The molecular weight excluding hydrogens is 230 g/mol. The van der Waals surface area contributed by atoms with Crippen LogP contribution in [0, 0.1) is 0 Å². The average molecular weight is 245 g/mol. The van der Waals surface area contributed by atoms with E-state index in [4.69, 9.17) is 4.74 Å². The third-order valence-corrected chi connectivity index (χ3v) is 2.86. The van der Waals surface area contributed by atoms with Crippen molar-refractivity contribution in [3.63, 3.8) is 0 Å². The number of esters is 1. The molecule has 18 heavy (non-hydrogen) atoms. The highest BCUT2D eigenvalue weighted by Crippen LogP contribution is 2.16. The monoisotopic (exact) mass is 245 g/mol. The summed E-state index contributed by atoms with van der Waals surface area (Å²) in [5.74, 6) is -0.420. The molecule has 0 bridgehead atoms. The predicted molar refractivity (Wildman–Crippen MR) is 69.8 cm³/mol. The first-order chi connectivity index (χ1) is 8.69. The van der Waals surface area contributed by atoms with Crippen LogP contribution in [-0.2, 0) is 11.3 Å². The Morgan fingerprint density at radius 3 is 2.56 bits per heavy atom. The number of aromatic nitrogens is 1. The van der Waals surface area contributed by atoms with Crippen molar-refractivity contribution in [2.24, 2.45) is 0 Å². The number of nitrogens with zero attached hydrogens (tertiary/aromatic N) is 1. The van der Waals surface area contributed by atoms with Crippen molar-refractivity contribution in [3.8, 4) is 0 Å². The van der Waals surface area contributed by atoms with Crippen LogP contribution in [0.5, 0.6) is 0 Å². The first-order valence-corrected chi connectivity index (χ1v) is 5.89. The Labute approximate surface area is 105 Å². The molecule has 1 aromatic heterocycles. The van der Waals surface area contributed by atoms with Crippen molar-refractivity contribution in [3.05, 3.63) is 46.4 Å². The number of hydrogen-bond donors (Lipinski definition) is 0. The van der Waals surface area contributed by atoms with Crippen molar-refractivity contribution < 1.29 is 9.53 Å². The summed E-state index contributed by atoms with van der Waals surface area (Å²) in [4.78, 5) is 23.9. The molecule has 1 heterocycles. The lowest BCUT2D eigenvalue weighted by Crippen LogP contribution is -2.22. The number of methoxy groups -OCH3 is 1. The normalized spacial score (nSPS) is 10.6. The van der Waals surface area contributed by atoms with Gasteiger partial charge in [-0.25, -0.2) is 4.79 Å². The van der Waals surface area contributed by atoms with Gasteiger partial charge in [-0.05, 0) is 12.5 Å². The number of carbonyl (C=O) groups excluding carboxylic acids is 1. The van der Waals surface area contributed by atoms with E-state index in [0.717, 1.165) is 6.42 Å². The van der Waals surface area contributed by atoms with E-state index in [9.17, 15) is 9.59 Å². The molecule has 0 N–H and O–H groups in total. The number of fused-ring (bicyclic) bond motifs is 1. The Morgan fingerprint density at radius 2 is 1.94 bits per heavy atom. The molecule has 4 heteroatoms. The maximum Gasteiger partial charge on any atom is 0.339 e. The van der Waals surface area contributed by atoms with Crippen LogP contribution in [-0.4, -0.2) is 17.6 Å². The van der Waals surface area contributed by atoms with E-state index in [1.165, 1.54) is 7.11 Å². The topological polar surface area (TPSA) is 48.3 Å². The van der Waals surface area contributed by atoms with E-state index in [-0.39, 0.29) is 5.56 Å². The minimum absolute atomic E-state index is 0.0693. The summed E-state index contributed by atoms with van der Waals surface area (Å²) >= 11 is 0. The molecule has 0 saturated heterocycles. The number of pyridine rings is 1. The second-order valence-electron chi connectivity index (χ2n) is 4.08. The number of benzene rings is 1. The van der Waals surface area contributed by atoms with Gasteiger partial charge >= 0.3 is 5.97 Å². The Bertz CT molecular complexity index is 643. The SMILES string of the molecule is CCCn1cc(C(=O)OC)c2ccccc2c1=O. The molecular formula is C14H15NO3. The molecule has 0 aliphatic carbocycles. The minimum Gasteiger partial charge on any atom is -0.465 e. The lowest BCUT2D eigenvalue weighted by atomic mass is 10.1. The highest BCUT2D eigenvalue weighted by atomic mass is 16.5. The van der Waals surface area contributed by atoms with Crippen molar-refractivity contribution in [1.29, 1.82) is 0 Å². The van der Waals surface area contributed by atoms with Crippen molar-refractivity contribution in [2.75, 3.05) is 7.11 Å². The second kappa shape index (κ2) is 5.04. The van der Waals surface area contributed by atoms with Crippen LogP contribution in [0.4, 0.5) is 0 Å². The van der Waals surface area contributed by atoms with Crippen LogP contribution in [0.2, 0.25) is 0 Å². The molecule has 0 atom stereocenters. The summed E-state index contributed by atoms with van der Waals surface area (Å²) in [6.07, 6.45) is 2.42. The first-order valence-electron chi connectivity index (χ1n) is 5.89. The summed E-state index contributed by atoms with van der Waals surface area (Å²) in [7, 11) is 1.34. The van der Waals surface area contributed by atoms with Crippen LogP contribution < -0.4 is 5.56 Å². The Balaban J connectivity index is 2.80. The molecule has 0 radical (unpaired) electrons. The number of carbonyl (C=O) groups is 1. The van der Waals surface area contributed by atoms with Crippen LogP contribution in [0.1, 0.15) is 23.7 Å². The standard InChI is InChI=1S/C14H15NO3/c1-3-8-15-9-12(14(17)18-2)10-6-4-5-7-11(10)13(15)16/h4-7,9H,3,8H2,1-2H3. The quantitative estimate of drug-likeness (QED) is 0.779. The van der Waals surface area contributed by atoms with Gasteiger partial charge in [0.1, 0.15) is 0 Å². The Morgan fingerprint density at radius 1 is 1.28 bits per heavy atom. The molecule has 2 aromatic rings. The van der Waals surface area contributed by atoms with E-state index in [1.807, 2.05) is 6.92 Å². The van der Waals surface area contributed by atoms with E-state index in [0.29, 0.717) is 22.9 Å². The van der Waals surface area contributed by atoms with Gasteiger partial charge in [-0.15, -0.1) is 0 Å². The lowest BCUT2D eigenvalue weighted by Gasteiger charge is -2.10. The average Bonchev–Trinajstić information content (AvgIpc) is 2.41. The van der Waals surface area contributed by atoms with Crippen molar-refractivity contribution >= 4 is 16.7 Å². The maximum absolute atomic E-state index is 12.2. The van der Waals surface area contributed by atoms with Gasteiger partial charge in [0.25, 0.3) is 5.56 Å². The largest absolute Gasteiger partial charge is 0.465 e. The fourth-order valence-corrected chi connectivity index (χ4v) is 2.02. The van der Waals surface area contributed by atoms with Gasteiger partial charge in [-0.3, -0.25) is 4.79 Å². The third kappa shape index (κ3) is 2.01. The molecule has 4 nitrogen and oxygen atoms in total. The lowest BCUT2D eigenvalue weighted by molar-refractivity contribution is 0.0602. The number of aryl methyl sites for hydroxylation is 1. The Hall–Kier alpha value is -2.10. The van der Waals surface area contributed by atoms with Crippen molar-refractivity contribution in [1.82, 2.24) is 4.57 Å². The van der Waals surface area contributed by atoms with Gasteiger partial charge in [0.15, 0.2) is 0 Å². The Kier molecular flexibility index (Phi) is 3.46. The van der Waals surface area contributed by atoms with Gasteiger partial charge in [0.2, 0.25) is 0 Å². The summed E-state index contributed by atoms with van der Waals surface area (Å²) in [6.45, 7) is 2.58. The molecule has 94 valence electrons. The molecule has 0 amide bonds. The second-order valence-corrected chi connectivity index (χ2v) is 4.08. The smallest absolute Gasteiger partial charge is 0.339 e. The molecule has 0 aliphatic heterocycles. The fourth-order valence-electron chi connectivity index (χ4n) is 2.02. The fraction of sp³-hybridized carbons (Fsp3) is 0.286. The number of rotatable bonds is 3. The third-order valence-electron chi connectivity index (χ3n) is 2.86. The summed E-state index contributed by atoms with van der Waals surface area (Å²) in [6, 6.07) is 7.09. The van der Waals surface area contributed by atoms with Crippen LogP contribution in [0.3, 0.4) is 0 Å². The predicted octanol–water partition coefficient (Wildman–Crippen LogP) is 2.20. The van der Waals surface area contributed by atoms with Crippen LogP contribution >= 0.6 is 0 Å². The molecule has 1 aromatic carbocycles. The number of hydrogen-bond acceptors (Lipinski definition) is 3. The highest BCUT2D eigenvalue weighted by Gasteiger charge is 2.14. The van der Waals surface area contributed by atoms with Crippen LogP contribution in [0.25, 0.3) is 10.8 Å². The molecule has 0 unspecified atom stereocenters. The molecule has 0 saturated carbocycles. The molecule has 2 rings (SSSR count). The molecule has 0 aliphatic rings. The van der Waals surface area contributed by atoms with Gasteiger partial charge in [-0.1, -0.05) is 25.1 Å². The first kappa shape index (κ1) is 12.4. The minimum atomic E-state index is -0.420. The van der Waals surface area contributed by atoms with Crippen LogP contribution in [0.15, 0.2) is 35.3 Å². The van der Waals surface area contributed by atoms with E-state index in [2.05, 4.69) is 0 Å². The molecule has 0 fully saturated rings. The van der Waals surface area contributed by atoms with E-state index >= 15 is 0 Å². The summed E-state index contributed by atoms with van der Waals surface area (Å²) in [5, 5.41) is 1.19. The maximum atomic E-state index is 12.2. The zero-order chi connectivity index (χ0) is 13.1. The van der Waals surface area contributed by atoms with E-state index in [1.54, 1.807) is 35.0 Å². The molecule has 0 spiro atoms. The van der Waals surface area contributed by atoms with Gasteiger partial charge in [0.05, 0.1) is 12.7 Å². The van der Waals surface area contributed by atoms with E-state index < -0.39 is 5.97 Å². The van der Waals surface area contributed by atoms with Gasteiger partial charge < -0.3 is 9.30 Å².